The molecule has 0 aliphatic carbocycles. The minimum absolute atomic E-state index is 0.291. The van der Waals surface area contributed by atoms with Gasteiger partial charge in [0.25, 0.3) is 0 Å². The van der Waals surface area contributed by atoms with Crippen molar-refractivity contribution in [3.05, 3.63) is 59.3 Å². The van der Waals surface area contributed by atoms with Crippen molar-refractivity contribution in [2.45, 2.75) is 13.8 Å². The second kappa shape index (κ2) is 5.18. The molecule has 2 aromatic rings. The average molecular weight is 260 g/mol. The maximum atomic E-state index is 12.8. The lowest BCUT2D eigenvalue weighted by Gasteiger charge is -2.09. The van der Waals surface area contributed by atoms with Crippen LogP contribution in [-0.4, -0.2) is 11.6 Å². The van der Waals surface area contributed by atoms with Gasteiger partial charge in [-0.2, -0.15) is 0 Å². The third-order valence-corrected chi connectivity index (χ3v) is 3.04. The van der Waals surface area contributed by atoms with E-state index in [0.717, 1.165) is 0 Å². The molecule has 2 rings (SSSR count). The van der Waals surface area contributed by atoms with E-state index in [2.05, 4.69) is 0 Å². The number of halogens is 1. The Hall–Kier alpha value is -2.23. The smallest absolute Gasteiger partial charge is 0.176 e. The third-order valence-electron chi connectivity index (χ3n) is 3.04. The highest BCUT2D eigenvalue weighted by molar-refractivity contribution is 6.16. The molecule has 0 aliphatic rings. The molecule has 1 unspecified atom stereocenters. The number of hydrogen-bond acceptors (Lipinski definition) is 3. The Balaban J connectivity index is 2.22. The zero-order valence-corrected chi connectivity index (χ0v) is 10.6. The monoisotopic (exact) mass is 260 g/mol. The van der Waals surface area contributed by atoms with Crippen LogP contribution < -0.4 is 0 Å². The van der Waals surface area contributed by atoms with Gasteiger partial charge >= 0.3 is 0 Å². The van der Waals surface area contributed by atoms with E-state index in [1.54, 1.807) is 19.9 Å². The number of furan rings is 1. The predicted molar refractivity (Wildman–Crippen MR) is 67.7 cm³/mol. The molecule has 1 atom stereocenters. The van der Waals surface area contributed by atoms with Crippen molar-refractivity contribution in [3.63, 3.8) is 0 Å². The van der Waals surface area contributed by atoms with E-state index in [4.69, 9.17) is 4.42 Å². The first-order valence-electron chi connectivity index (χ1n) is 5.89. The van der Waals surface area contributed by atoms with Gasteiger partial charge in [0.2, 0.25) is 0 Å². The zero-order valence-electron chi connectivity index (χ0n) is 10.6. The highest BCUT2D eigenvalue weighted by atomic mass is 19.1. The van der Waals surface area contributed by atoms with Crippen molar-refractivity contribution in [3.8, 4) is 0 Å². The summed E-state index contributed by atoms with van der Waals surface area (Å²) in [6.07, 6.45) is 1.41. The van der Waals surface area contributed by atoms with Gasteiger partial charge in [0.1, 0.15) is 11.6 Å². The number of carbonyl (C=O) groups is 2. The minimum Gasteiger partial charge on any atom is -0.469 e. The van der Waals surface area contributed by atoms with Crippen LogP contribution >= 0.6 is 0 Å². The SMILES string of the molecule is Cc1occc1C(=O)C(C)C(=O)c1ccc(F)cc1. The molecule has 1 aromatic carbocycles. The molecular weight excluding hydrogens is 247 g/mol. The minimum atomic E-state index is -0.818. The van der Waals surface area contributed by atoms with E-state index in [-0.39, 0.29) is 11.6 Å². The second-order valence-corrected chi connectivity index (χ2v) is 4.35. The van der Waals surface area contributed by atoms with Gasteiger partial charge in [-0.25, -0.2) is 4.39 Å². The Morgan fingerprint density at radius 1 is 1.11 bits per heavy atom. The van der Waals surface area contributed by atoms with Crippen molar-refractivity contribution in [2.24, 2.45) is 5.92 Å². The quantitative estimate of drug-likeness (QED) is 0.625. The number of carbonyl (C=O) groups excluding carboxylic acids is 2. The molecule has 4 heteroatoms. The summed E-state index contributed by atoms with van der Waals surface area (Å²) in [4.78, 5) is 24.3. The summed E-state index contributed by atoms with van der Waals surface area (Å²) >= 11 is 0. The Kier molecular flexibility index (Phi) is 3.60. The summed E-state index contributed by atoms with van der Waals surface area (Å²) in [5.74, 6) is -1.36. The second-order valence-electron chi connectivity index (χ2n) is 4.35. The first-order chi connectivity index (χ1) is 9.00. The fourth-order valence-corrected chi connectivity index (χ4v) is 1.86. The Bertz CT molecular complexity index is 611. The normalized spacial score (nSPS) is 12.2. The van der Waals surface area contributed by atoms with Crippen LogP contribution in [0.2, 0.25) is 0 Å². The van der Waals surface area contributed by atoms with Gasteiger partial charge in [-0.3, -0.25) is 9.59 Å². The molecule has 98 valence electrons. The topological polar surface area (TPSA) is 47.3 Å². The lowest BCUT2D eigenvalue weighted by atomic mass is 9.92. The van der Waals surface area contributed by atoms with Gasteiger partial charge in [-0.1, -0.05) is 0 Å². The molecular formula is C15H13FO3. The maximum absolute atomic E-state index is 12.8. The fraction of sp³-hybridized carbons (Fsp3) is 0.200. The van der Waals surface area contributed by atoms with E-state index >= 15 is 0 Å². The lowest BCUT2D eigenvalue weighted by molar-refractivity contribution is 0.0820. The van der Waals surface area contributed by atoms with Crippen LogP contribution in [0.4, 0.5) is 4.39 Å². The van der Waals surface area contributed by atoms with Gasteiger partial charge in [0.05, 0.1) is 17.7 Å². The van der Waals surface area contributed by atoms with Gasteiger partial charge < -0.3 is 4.42 Å². The van der Waals surface area contributed by atoms with Crippen LogP contribution in [0.25, 0.3) is 0 Å². The first kappa shape index (κ1) is 13.2. The summed E-state index contributed by atoms with van der Waals surface area (Å²) in [5, 5.41) is 0. The zero-order chi connectivity index (χ0) is 14.0. The molecule has 0 bridgehead atoms. The van der Waals surface area contributed by atoms with E-state index in [9.17, 15) is 14.0 Å². The van der Waals surface area contributed by atoms with E-state index in [1.165, 1.54) is 30.5 Å². The number of Topliss-reactive ketones (excluding diaryl/α,β-unsaturated/α-hetero) is 2. The molecule has 0 aliphatic heterocycles. The fourth-order valence-electron chi connectivity index (χ4n) is 1.86. The van der Waals surface area contributed by atoms with Crippen molar-refractivity contribution < 1.29 is 18.4 Å². The molecule has 3 nitrogen and oxygen atoms in total. The van der Waals surface area contributed by atoms with Crippen LogP contribution in [0.15, 0.2) is 41.0 Å². The van der Waals surface area contributed by atoms with Crippen molar-refractivity contribution >= 4 is 11.6 Å². The molecule has 0 amide bonds. The van der Waals surface area contributed by atoms with Crippen molar-refractivity contribution in [1.29, 1.82) is 0 Å². The van der Waals surface area contributed by atoms with Crippen LogP contribution in [-0.2, 0) is 0 Å². The maximum Gasteiger partial charge on any atom is 0.176 e. The highest BCUT2D eigenvalue weighted by Crippen LogP contribution is 2.18. The van der Waals surface area contributed by atoms with Crippen molar-refractivity contribution in [1.82, 2.24) is 0 Å². The number of rotatable bonds is 4. The van der Waals surface area contributed by atoms with Crippen LogP contribution in [0.1, 0.15) is 33.4 Å². The molecule has 0 fully saturated rings. The van der Waals surface area contributed by atoms with Gasteiger partial charge in [0, 0.05) is 5.56 Å². The molecule has 0 saturated heterocycles. The molecule has 0 saturated carbocycles. The first-order valence-corrected chi connectivity index (χ1v) is 5.89. The van der Waals surface area contributed by atoms with E-state index in [1.807, 2.05) is 0 Å². The standard InChI is InChI=1S/C15H13FO3/c1-9(15(18)13-7-8-19-10(13)2)14(17)11-3-5-12(16)6-4-11/h3-9H,1-2H3. The Morgan fingerprint density at radius 3 is 2.26 bits per heavy atom. The third kappa shape index (κ3) is 2.62. The number of hydrogen-bond donors (Lipinski definition) is 0. The summed E-state index contributed by atoms with van der Waals surface area (Å²) in [6, 6.07) is 6.71. The lowest BCUT2D eigenvalue weighted by Crippen LogP contribution is -2.21. The highest BCUT2D eigenvalue weighted by Gasteiger charge is 2.25. The summed E-state index contributed by atoms with van der Waals surface area (Å²) in [5.41, 5.74) is 0.728. The summed E-state index contributed by atoms with van der Waals surface area (Å²) in [7, 11) is 0. The molecule has 1 heterocycles. The largest absolute Gasteiger partial charge is 0.469 e. The summed E-state index contributed by atoms with van der Waals surface area (Å²) in [6.45, 7) is 3.21. The van der Waals surface area contributed by atoms with E-state index < -0.39 is 11.7 Å². The van der Waals surface area contributed by atoms with Crippen LogP contribution in [0.3, 0.4) is 0 Å². The van der Waals surface area contributed by atoms with Gasteiger partial charge in [-0.15, -0.1) is 0 Å². The molecule has 0 radical (unpaired) electrons. The molecule has 1 aromatic heterocycles. The number of ketones is 2. The molecule has 0 spiro atoms. The van der Waals surface area contributed by atoms with Gasteiger partial charge in [0.15, 0.2) is 11.6 Å². The number of benzene rings is 1. The Morgan fingerprint density at radius 2 is 1.74 bits per heavy atom. The molecule has 19 heavy (non-hydrogen) atoms. The van der Waals surface area contributed by atoms with Gasteiger partial charge in [-0.05, 0) is 44.2 Å². The average Bonchev–Trinajstić information content (AvgIpc) is 2.83. The molecule has 0 N–H and O–H groups in total. The van der Waals surface area contributed by atoms with Crippen LogP contribution in [0, 0.1) is 18.7 Å². The summed E-state index contributed by atoms with van der Waals surface area (Å²) < 4.78 is 17.9. The Labute approximate surface area is 110 Å². The van der Waals surface area contributed by atoms with Crippen molar-refractivity contribution in [2.75, 3.05) is 0 Å². The number of aryl methyl sites for hydroxylation is 1. The predicted octanol–water partition coefficient (Wildman–Crippen LogP) is 3.43. The van der Waals surface area contributed by atoms with E-state index in [0.29, 0.717) is 16.9 Å². The van der Waals surface area contributed by atoms with Crippen LogP contribution in [0.5, 0.6) is 0 Å².